The SMILES string of the molecule is CC(C)Oc1ccccc1/C=C1\C(=O)NC(=O)N(c2ccc(O)cc2)C1=O. The second kappa shape index (κ2) is 7.33. The molecule has 1 fully saturated rings. The van der Waals surface area contributed by atoms with Crippen molar-refractivity contribution in [2.24, 2.45) is 0 Å². The maximum atomic E-state index is 12.8. The summed E-state index contributed by atoms with van der Waals surface area (Å²) >= 11 is 0. The number of rotatable bonds is 4. The van der Waals surface area contributed by atoms with Crippen LogP contribution < -0.4 is 15.0 Å². The Morgan fingerprint density at radius 3 is 2.37 bits per heavy atom. The van der Waals surface area contributed by atoms with E-state index in [-0.39, 0.29) is 23.1 Å². The first-order chi connectivity index (χ1) is 12.9. The average molecular weight is 366 g/mol. The van der Waals surface area contributed by atoms with Crippen molar-refractivity contribution in [3.63, 3.8) is 0 Å². The lowest BCUT2D eigenvalue weighted by Crippen LogP contribution is -2.54. The van der Waals surface area contributed by atoms with E-state index in [0.717, 1.165) is 4.90 Å². The van der Waals surface area contributed by atoms with Gasteiger partial charge in [-0.25, -0.2) is 9.69 Å². The lowest BCUT2D eigenvalue weighted by molar-refractivity contribution is -0.122. The number of hydrogen-bond donors (Lipinski definition) is 2. The van der Waals surface area contributed by atoms with Crippen LogP contribution in [0.2, 0.25) is 0 Å². The zero-order chi connectivity index (χ0) is 19.6. The molecule has 1 saturated heterocycles. The zero-order valence-corrected chi connectivity index (χ0v) is 14.8. The lowest BCUT2D eigenvalue weighted by Gasteiger charge is -2.26. The molecule has 3 rings (SSSR count). The van der Waals surface area contributed by atoms with Gasteiger partial charge < -0.3 is 9.84 Å². The predicted octanol–water partition coefficient (Wildman–Crippen LogP) is 2.85. The predicted molar refractivity (Wildman–Crippen MR) is 99.3 cm³/mol. The Morgan fingerprint density at radius 1 is 1.04 bits per heavy atom. The Bertz CT molecular complexity index is 932. The second-order valence-corrected chi connectivity index (χ2v) is 6.18. The molecule has 0 atom stereocenters. The Labute approximate surface area is 155 Å². The van der Waals surface area contributed by atoms with Crippen LogP contribution >= 0.6 is 0 Å². The molecule has 138 valence electrons. The molecular weight excluding hydrogens is 348 g/mol. The molecule has 0 aromatic heterocycles. The smallest absolute Gasteiger partial charge is 0.335 e. The van der Waals surface area contributed by atoms with Crippen LogP contribution in [-0.2, 0) is 9.59 Å². The number of hydrogen-bond acceptors (Lipinski definition) is 5. The fourth-order valence-corrected chi connectivity index (χ4v) is 2.61. The molecule has 7 heteroatoms. The number of benzene rings is 2. The van der Waals surface area contributed by atoms with Crippen molar-refractivity contribution in [2.75, 3.05) is 4.90 Å². The molecule has 1 aliphatic heterocycles. The molecule has 4 amide bonds. The largest absolute Gasteiger partial charge is 0.508 e. The molecule has 1 heterocycles. The minimum absolute atomic E-state index is 0.00443. The van der Waals surface area contributed by atoms with Crippen molar-refractivity contribution < 1.29 is 24.2 Å². The minimum atomic E-state index is -0.848. The molecule has 2 aromatic carbocycles. The van der Waals surface area contributed by atoms with Crippen molar-refractivity contribution in [1.82, 2.24) is 5.32 Å². The van der Waals surface area contributed by atoms with Gasteiger partial charge in [0.2, 0.25) is 0 Å². The molecule has 2 N–H and O–H groups in total. The topological polar surface area (TPSA) is 95.9 Å². The first-order valence-electron chi connectivity index (χ1n) is 8.33. The van der Waals surface area contributed by atoms with E-state index >= 15 is 0 Å². The van der Waals surface area contributed by atoms with Crippen LogP contribution in [0.25, 0.3) is 6.08 Å². The number of anilines is 1. The Hall–Kier alpha value is -3.61. The van der Waals surface area contributed by atoms with Crippen molar-refractivity contribution >= 4 is 29.6 Å². The molecule has 7 nitrogen and oxygen atoms in total. The van der Waals surface area contributed by atoms with E-state index in [1.165, 1.54) is 30.3 Å². The number of nitrogens with one attached hydrogen (secondary N) is 1. The van der Waals surface area contributed by atoms with Crippen LogP contribution in [0.5, 0.6) is 11.5 Å². The second-order valence-electron chi connectivity index (χ2n) is 6.18. The number of aromatic hydroxyl groups is 1. The fourth-order valence-electron chi connectivity index (χ4n) is 2.61. The first kappa shape index (κ1) is 18.2. The van der Waals surface area contributed by atoms with E-state index in [1.54, 1.807) is 24.3 Å². The van der Waals surface area contributed by atoms with Crippen molar-refractivity contribution in [3.8, 4) is 11.5 Å². The van der Waals surface area contributed by atoms with Gasteiger partial charge in [0.25, 0.3) is 11.8 Å². The number of barbiturate groups is 1. The lowest BCUT2D eigenvalue weighted by atomic mass is 10.1. The summed E-state index contributed by atoms with van der Waals surface area (Å²) in [5.41, 5.74) is 0.590. The van der Waals surface area contributed by atoms with E-state index in [0.29, 0.717) is 11.3 Å². The van der Waals surface area contributed by atoms with E-state index in [1.807, 2.05) is 13.8 Å². The number of carbonyl (C=O) groups is 3. The van der Waals surface area contributed by atoms with Gasteiger partial charge >= 0.3 is 6.03 Å². The summed E-state index contributed by atoms with van der Waals surface area (Å²) < 4.78 is 5.71. The monoisotopic (exact) mass is 366 g/mol. The van der Waals surface area contributed by atoms with Gasteiger partial charge in [-0.05, 0) is 50.3 Å². The van der Waals surface area contributed by atoms with Crippen LogP contribution in [0, 0.1) is 0 Å². The molecule has 0 aliphatic carbocycles. The summed E-state index contributed by atoms with van der Waals surface area (Å²) in [4.78, 5) is 38.1. The van der Waals surface area contributed by atoms with Gasteiger partial charge in [-0.2, -0.15) is 0 Å². The van der Waals surface area contributed by atoms with Crippen LogP contribution in [-0.4, -0.2) is 29.1 Å². The molecule has 1 aliphatic rings. The number of carbonyl (C=O) groups excluding carboxylic acids is 3. The van der Waals surface area contributed by atoms with Gasteiger partial charge in [-0.3, -0.25) is 14.9 Å². The Balaban J connectivity index is 2.01. The number of ether oxygens (including phenoxy) is 1. The van der Waals surface area contributed by atoms with Gasteiger partial charge in [-0.15, -0.1) is 0 Å². The highest BCUT2D eigenvalue weighted by Gasteiger charge is 2.36. The van der Waals surface area contributed by atoms with E-state index in [9.17, 15) is 19.5 Å². The molecule has 0 spiro atoms. The summed E-state index contributed by atoms with van der Waals surface area (Å²) in [6.07, 6.45) is 1.31. The molecule has 0 bridgehead atoms. The number of amides is 4. The molecule has 2 aromatic rings. The number of nitrogens with zero attached hydrogens (tertiary/aromatic N) is 1. The van der Waals surface area contributed by atoms with Crippen LogP contribution in [0.15, 0.2) is 54.1 Å². The summed E-state index contributed by atoms with van der Waals surface area (Å²) in [5.74, 6) is -1.02. The number of imide groups is 2. The Morgan fingerprint density at radius 2 is 1.70 bits per heavy atom. The highest BCUT2D eigenvalue weighted by Crippen LogP contribution is 2.26. The van der Waals surface area contributed by atoms with Crippen molar-refractivity contribution in [1.29, 1.82) is 0 Å². The third-order valence-corrected chi connectivity index (χ3v) is 3.79. The molecular formula is C20H18N2O5. The van der Waals surface area contributed by atoms with E-state index < -0.39 is 17.8 Å². The van der Waals surface area contributed by atoms with Crippen LogP contribution in [0.3, 0.4) is 0 Å². The molecule has 0 saturated carbocycles. The van der Waals surface area contributed by atoms with E-state index in [4.69, 9.17) is 4.74 Å². The number of urea groups is 1. The maximum absolute atomic E-state index is 12.8. The zero-order valence-electron chi connectivity index (χ0n) is 14.8. The number of para-hydroxylation sites is 1. The van der Waals surface area contributed by atoms with Crippen LogP contribution in [0.1, 0.15) is 19.4 Å². The highest BCUT2D eigenvalue weighted by molar-refractivity contribution is 6.39. The van der Waals surface area contributed by atoms with Gasteiger partial charge in [-0.1, -0.05) is 18.2 Å². The van der Waals surface area contributed by atoms with Crippen molar-refractivity contribution in [2.45, 2.75) is 20.0 Å². The summed E-state index contributed by atoms with van der Waals surface area (Å²) in [6, 6.07) is 11.7. The molecule has 0 radical (unpaired) electrons. The number of phenols is 1. The third kappa shape index (κ3) is 3.82. The maximum Gasteiger partial charge on any atom is 0.335 e. The molecule has 0 unspecified atom stereocenters. The van der Waals surface area contributed by atoms with Gasteiger partial charge in [0.1, 0.15) is 17.1 Å². The fraction of sp³-hybridized carbons (Fsp3) is 0.150. The first-order valence-corrected chi connectivity index (χ1v) is 8.33. The van der Waals surface area contributed by atoms with Gasteiger partial charge in [0.05, 0.1) is 11.8 Å². The standard InChI is InChI=1S/C20H18N2O5/c1-12(2)27-17-6-4-3-5-13(17)11-16-18(24)21-20(26)22(19(16)25)14-7-9-15(23)10-8-14/h3-12,23H,1-2H3,(H,21,24,26)/b16-11+. The summed E-state index contributed by atoms with van der Waals surface area (Å²) in [5, 5.41) is 11.6. The van der Waals surface area contributed by atoms with Gasteiger partial charge in [0, 0.05) is 5.56 Å². The summed E-state index contributed by atoms with van der Waals surface area (Å²) in [6.45, 7) is 3.74. The number of phenolic OH excluding ortho intramolecular Hbond substituents is 1. The van der Waals surface area contributed by atoms with Crippen LogP contribution in [0.4, 0.5) is 10.5 Å². The quantitative estimate of drug-likeness (QED) is 0.641. The third-order valence-electron chi connectivity index (χ3n) is 3.79. The summed E-state index contributed by atoms with van der Waals surface area (Å²) in [7, 11) is 0. The average Bonchev–Trinajstić information content (AvgIpc) is 2.61. The normalized spacial score (nSPS) is 16.0. The Kier molecular flexibility index (Phi) is 4.94. The highest BCUT2D eigenvalue weighted by atomic mass is 16.5. The van der Waals surface area contributed by atoms with E-state index in [2.05, 4.69) is 5.32 Å². The van der Waals surface area contributed by atoms with Crippen molar-refractivity contribution in [3.05, 3.63) is 59.7 Å². The van der Waals surface area contributed by atoms with Gasteiger partial charge in [0.15, 0.2) is 0 Å². The molecule has 27 heavy (non-hydrogen) atoms. The minimum Gasteiger partial charge on any atom is -0.508 e.